The quantitative estimate of drug-likeness (QED) is 0.789. The monoisotopic (exact) mass is 278 g/mol. The van der Waals surface area contributed by atoms with Gasteiger partial charge in [-0.05, 0) is 24.8 Å². The van der Waals surface area contributed by atoms with E-state index in [4.69, 9.17) is 0 Å². The molecule has 2 nitrogen and oxygen atoms in total. The summed E-state index contributed by atoms with van der Waals surface area (Å²) in [5.74, 6) is 1.16. The van der Waals surface area contributed by atoms with E-state index in [2.05, 4.69) is 41.8 Å². The SMILES string of the molecule is CCC1CN(c2cccc(SC)c2C#N)CCS1. The van der Waals surface area contributed by atoms with E-state index in [1.807, 2.05) is 12.3 Å². The molecule has 0 aliphatic carbocycles. The largest absolute Gasteiger partial charge is 0.368 e. The van der Waals surface area contributed by atoms with Crippen molar-refractivity contribution in [1.29, 1.82) is 5.26 Å². The van der Waals surface area contributed by atoms with Gasteiger partial charge in [0.1, 0.15) is 6.07 Å². The first-order chi connectivity index (χ1) is 8.80. The van der Waals surface area contributed by atoms with Crippen LogP contribution in [0.2, 0.25) is 0 Å². The van der Waals surface area contributed by atoms with Crippen LogP contribution in [0.4, 0.5) is 5.69 Å². The van der Waals surface area contributed by atoms with Gasteiger partial charge in [0.2, 0.25) is 0 Å². The average molecular weight is 278 g/mol. The molecule has 1 unspecified atom stereocenters. The number of nitriles is 1. The minimum atomic E-state index is 0.697. The fourth-order valence-electron chi connectivity index (χ4n) is 2.25. The molecule has 1 aromatic rings. The summed E-state index contributed by atoms with van der Waals surface area (Å²) in [6.07, 6.45) is 3.23. The summed E-state index contributed by atoms with van der Waals surface area (Å²) < 4.78 is 0. The van der Waals surface area contributed by atoms with Gasteiger partial charge in [-0.25, -0.2) is 0 Å². The molecule has 0 spiro atoms. The zero-order valence-corrected chi connectivity index (χ0v) is 12.5. The molecule has 96 valence electrons. The second kappa shape index (κ2) is 6.40. The van der Waals surface area contributed by atoms with E-state index < -0.39 is 0 Å². The molecule has 0 radical (unpaired) electrons. The minimum absolute atomic E-state index is 0.697. The molecule has 1 aromatic carbocycles. The van der Waals surface area contributed by atoms with Gasteiger partial charge >= 0.3 is 0 Å². The first kappa shape index (κ1) is 13.6. The van der Waals surface area contributed by atoms with Gasteiger partial charge in [-0.1, -0.05) is 13.0 Å². The fourth-order valence-corrected chi connectivity index (χ4v) is 4.00. The van der Waals surface area contributed by atoms with Crippen LogP contribution in [-0.4, -0.2) is 30.3 Å². The molecule has 0 saturated carbocycles. The molecule has 0 bridgehead atoms. The molecule has 0 amide bonds. The highest BCUT2D eigenvalue weighted by Gasteiger charge is 2.21. The highest BCUT2D eigenvalue weighted by molar-refractivity contribution is 8.00. The summed E-state index contributed by atoms with van der Waals surface area (Å²) in [5, 5.41) is 10.1. The molecule has 0 aromatic heterocycles. The molecule has 0 N–H and O–H groups in total. The maximum Gasteiger partial charge on any atom is 0.103 e. The number of thioether (sulfide) groups is 2. The highest BCUT2D eigenvalue weighted by atomic mass is 32.2. The zero-order chi connectivity index (χ0) is 13.0. The summed E-state index contributed by atoms with van der Waals surface area (Å²) in [5.41, 5.74) is 1.95. The third kappa shape index (κ3) is 2.78. The molecular weight excluding hydrogens is 260 g/mol. The molecule has 1 atom stereocenters. The smallest absolute Gasteiger partial charge is 0.103 e. The Hall–Kier alpha value is -0.790. The van der Waals surface area contributed by atoms with Crippen molar-refractivity contribution >= 4 is 29.2 Å². The van der Waals surface area contributed by atoms with Crippen molar-refractivity contribution in [1.82, 2.24) is 0 Å². The number of benzene rings is 1. The Morgan fingerprint density at radius 3 is 3.06 bits per heavy atom. The standard InChI is InChI=1S/C14H18N2S2/c1-3-11-10-16(7-8-18-11)13-5-4-6-14(17-2)12(13)9-15/h4-6,11H,3,7-8,10H2,1-2H3. The third-order valence-corrected chi connectivity index (χ3v) is 5.42. The van der Waals surface area contributed by atoms with Crippen molar-refractivity contribution in [3.63, 3.8) is 0 Å². The second-order valence-electron chi connectivity index (χ2n) is 4.31. The lowest BCUT2D eigenvalue weighted by Gasteiger charge is -2.34. The van der Waals surface area contributed by atoms with Gasteiger partial charge in [0.05, 0.1) is 11.3 Å². The van der Waals surface area contributed by atoms with Crippen molar-refractivity contribution < 1.29 is 0 Å². The average Bonchev–Trinajstić information content (AvgIpc) is 2.46. The molecule has 1 aliphatic heterocycles. The predicted octanol–water partition coefficient (Wildman–Crippen LogP) is 3.61. The van der Waals surface area contributed by atoms with Crippen LogP contribution in [0.1, 0.15) is 18.9 Å². The Bertz CT molecular complexity index is 454. The number of anilines is 1. The number of nitrogens with zero attached hydrogens (tertiary/aromatic N) is 2. The van der Waals surface area contributed by atoms with Crippen molar-refractivity contribution in [2.45, 2.75) is 23.5 Å². The molecule has 1 aliphatic rings. The number of hydrogen-bond donors (Lipinski definition) is 0. The highest BCUT2D eigenvalue weighted by Crippen LogP contribution is 2.32. The summed E-state index contributed by atoms with van der Waals surface area (Å²) in [4.78, 5) is 3.46. The summed E-state index contributed by atoms with van der Waals surface area (Å²) in [7, 11) is 0. The summed E-state index contributed by atoms with van der Waals surface area (Å²) in [6.45, 7) is 4.35. The van der Waals surface area contributed by atoms with E-state index in [0.717, 1.165) is 35.0 Å². The van der Waals surface area contributed by atoms with E-state index in [1.54, 1.807) is 11.8 Å². The van der Waals surface area contributed by atoms with Gasteiger partial charge < -0.3 is 4.90 Å². The van der Waals surface area contributed by atoms with Crippen LogP contribution < -0.4 is 4.90 Å². The molecule has 4 heteroatoms. The van der Waals surface area contributed by atoms with E-state index in [1.165, 1.54) is 6.42 Å². The van der Waals surface area contributed by atoms with Gasteiger partial charge in [0, 0.05) is 29.0 Å². The van der Waals surface area contributed by atoms with Crippen LogP contribution in [0.15, 0.2) is 23.1 Å². The van der Waals surface area contributed by atoms with E-state index >= 15 is 0 Å². The van der Waals surface area contributed by atoms with Gasteiger partial charge in [0.25, 0.3) is 0 Å². The van der Waals surface area contributed by atoms with Crippen molar-refractivity contribution in [3.8, 4) is 6.07 Å². The van der Waals surface area contributed by atoms with Crippen molar-refractivity contribution in [3.05, 3.63) is 23.8 Å². The van der Waals surface area contributed by atoms with Crippen molar-refractivity contribution in [2.24, 2.45) is 0 Å². The minimum Gasteiger partial charge on any atom is -0.368 e. The maximum atomic E-state index is 9.39. The first-order valence-corrected chi connectivity index (χ1v) is 8.51. The fraction of sp³-hybridized carbons (Fsp3) is 0.500. The Morgan fingerprint density at radius 1 is 1.56 bits per heavy atom. The Balaban J connectivity index is 2.30. The van der Waals surface area contributed by atoms with Gasteiger partial charge in [-0.2, -0.15) is 17.0 Å². The second-order valence-corrected chi connectivity index (χ2v) is 6.57. The zero-order valence-electron chi connectivity index (χ0n) is 10.8. The lowest BCUT2D eigenvalue weighted by Crippen LogP contribution is -2.38. The summed E-state index contributed by atoms with van der Waals surface area (Å²) in [6, 6.07) is 8.55. The Kier molecular flexibility index (Phi) is 4.85. The molecular formula is C14H18N2S2. The Labute approximate surface area is 118 Å². The Morgan fingerprint density at radius 2 is 2.39 bits per heavy atom. The van der Waals surface area contributed by atoms with Gasteiger partial charge in [0.15, 0.2) is 0 Å². The van der Waals surface area contributed by atoms with Crippen LogP contribution in [0.25, 0.3) is 0 Å². The molecule has 2 rings (SSSR count). The van der Waals surface area contributed by atoms with Crippen LogP contribution >= 0.6 is 23.5 Å². The third-order valence-electron chi connectivity index (χ3n) is 3.27. The van der Waals surface area contributed by atoms with E-state index in [0.29, 0.717) is 5.25 Å². The maximum absolute atomic E-state index is 9.39. The molecule has 1 fully saturated rings. The normalized spacial score (nSPS) is 19.6. The lowest BCUT2D eigenvalue weighted by molar-refractivity contribution is 0.727. The van der Waals surface area contributed by atoms with Crippen LogP contribution in [0.5, 0.6) is 0 Å². The molecule has 18 heavy (non-hydrogen) atoms. The predicted molar refractivity (Wildman–Crippen MR) is 81.7 cm³/mol. The van der Waals surface area contributed by atoms with Crippen molar-refractivity contribution in [2.75, 3.05) is 30.0 Å². The summed E-state index contributed by atoms with van der Waals surface area (Å²) >= 11 is 3.71. The first-order valence-electron chi connectivity index (χ1n) is 6.23. The van der Waals surface area contributed by atoms with E-state index in [-0.39, 0.29) is 0 Å². The molecule has 1 heterocycles. The van der Waals surface area contributed by atoms with Crippen LogP contribution in [0, 0.1) is 11.3 Å². The number of rotatable bonds is 3. The molecule has 1 saturated heterocycles. The van der Waals surface area contributed by atoms with Gasteiger partial charge in [-0.15, -0.1) is 11.8 Å². The lowest BCUT2D eigenvalue weighted by atomic mass is 10.1. The van der Waals surface area contributed by atoms with Gasteiger partial charge in [-0.3, -0.25) is 0 Å². The van der Waals surface area contributed by atoms with Crippen LogP contribution in [-0.2, 0) is 0 Å². The number of hydrogen-bond acceptors (Lipinski definition) is 4. The topological polar surface area (TPSA) is 27.0 Å². The van der Waals surface area contributed by atoms with E-state index in [9.17, 15) is 5.26 Å². The van der Waals surface area contributed by atoms with Crippen LogP contribution in [0.3, 0.4) is 0 Å².